The summed E-state index contributed by atoms with van der Waals surface area (Å²) in [4.78, 5) is 30.1. The van der Waals surface area contributed by atoms with Gasteiger partial charge < -0.3 is 9.47 Å². The van der Waals surface area contributed by atoms with Gasteiger partial charge in [0.2, 0.25) is 0 Å². The summed E-state index contributed by atoms with van der Waals surface area (Å²) in [6, 6.07) is 20.2. The maximum absolute atomic E-state index is 14.2. The molecule has 1 aliphatic heterocycles. The van der Waals surface area contributed by atoms with Crippen molar-refractivity contribution in [2.45, 2.75) is 25.7 Å². The number of hydrogen-bond donors (Lipinski definition) is 0. The van der Waals surface area contributed by atoms with Crippen molar-refractivity contribution < 1.29 is 27.4 Å². The number of carbonyl (C=O) groups excluding carboxylic acids is 1. The molecule has 0 unspecified atom stereocenters. The van der Waals surface area contributed by atoms with E-state index in [1.165, 1.54) is 37.3 Å². The van der Waals surface area contributed by atoms with Gasteiger partial charge in [-0.3, -0.25) is 9.36 Å². The van der Waals surface area contributed by atoms with E-state index in [9.17, 15) is 22.8 Å². The lowest BCUT2D eigenvalue weighted by Gasteiger charge is -2.26. The van der Waals surface area contributed by atoms with Crippen LogP contribution >= 0.6 is 22.9 Å². The van der Waals surface area contributed by atoms with Gasteiger partial charge in [0.1, 0.15) is 12.4 Å². The number of esters is 1. The Kier molecular flexibility index (Phi) is 8.52. The van der Waals surface area contributed by atoms with Crippen LogP contribution in [0.5, 0.6) is 5.75 Å². The average Bonchev–Trinajstić information content (AvgIpc) is 3.30. The van der Waals surface area contributed by atoms with E-state index in [4.69, 9.17) is 26.3 Å². The van der Waals surface area contributed by atoms with Crippen LogP contribution in [0.4, 0.5) is 13.2 Å². The third-order valence-electron chi connectivity index (χ3n) is 6.45. The second-order valence-corrected chi connectivity index (χ2v) is 10.7. The van der Waals surface area contributed by atoms with Crippen LogP contribution in [0.25, 0.3) is 6.08 Å². The van der Waals surface area contributed by atoms with Crippen molar-refractivity contribution in [3.63, 3.8) is 0 Å². The van der Waals surface area contributed by atoms with E-state index in [1.807, 2.05) is 0 Å². The molecule has 7 nitrogen and oxygen atoms in total. The average molecular weight is 624 g/mol. The standard InChI is InChI=1S/C31H21ClF3N3O4S/c1-2-41-29(40)25-26(21-9-11-22(32)12-10-21)38-28(39)24(43-30(38)37-27(25)31(33,34)35)15-18-7-13-23(14-8-18)42-17-20-5-3-19(16-36)4-6-20/h3-15,26H,2,17H2,1H3/b24-15-/t26-/m0/s1. The van der Waals surface area contributed by atoms with E-state index < -0.39 is 35.0 Å². The predicted octanol–water partition coefficient (Wildman–Crippen LogP) is 5.44. The molecule has 2 heterocycles. The first kappa shape index (κ1) is 29.8. The molecule has 0 radical (unpaired) electrons. The highest BCUT2D eigenvalue weighted by Crippen LogP contribution is 2.38. The Hall–Kier alpha value is -4.66. The maximum atomic E-state index is 14.2. The minimum atomic E-state index is -4.99. The molecule has 12 heteroatoms. The van der Waals surface area contributed by atoms with Crippen LogP contribution in [-0.4, -0.2) is 23.3 Å². The Morgan fingerprint density at radius 3 is 2.37 bits per heavy atom. The van der Waals surface area contributed by atoms with Crippen molar-refractivity contribution in [3.8, 4) is 11.8 Å². The number of allylic oxidation sites excluding steroid dienone is 1. The quantitative estimate of drug-likeness (QED) is 0.256. The van der Waals surface area contributed by atoms with E-state index in [0.29, 0.717) is 21.9 Å². The van der Waals surface area contributed by atoms with Crippen molar-refractivity contribution in [3.05, 3.63) is 131 Å². The van der Waals surface area contributed by atoms with Crippen LogP contribution in [0.2, 0.25) is 5.02 Å². The number of fused-ring (bicyclic) bond motifs is 1. The molecule has 0 saturated carbocycles. The summed E-state index contributed by atoms with van der Waals surface area (Å²) in [7, 11) is 0. The van der Waals surface area contributed by atoms with E-state index >= 15 is 0 Å². The zero-order valence-electron chi connectivity index (χ0n) is 22.4. The highest BCUT2D eigenvalue weighted by molar-refractivity contribution is 7.07. The lowest BCUT2D eigenvalue weighted by atomic mass is 9.95. The van der Waals surface area contributed by atoms with Crippen LogP contribution < -0.4 is 19.6 Å². The molecular weight excluding hydrogens is 603 g/mol. The number of aromatic nitrogens is 1. The molecule has 0 aliphatic carbocycles. The number of nitriles is 1. The van der Waals surface area contributed by atoms with Crippen molar-refractivity contribution in [2.75, 3.05) is 6.61 Å². The van der Waals surface area contributed by atoms with Gasteiger partial charge in [-0.15, -0.1) is 0 Å². The second-order valence-electron chi connectivity index (χ2n) is 9.28. The Morgan fingerprint density at radius 2 is 1.77 bits per heavy atom. The molecule has 4 aromatic rings. The summed E-state index contributed by atoms with van der Waals surface area (Å²) in [5, 5.41) is 9.26. The molecule has 0 saturated heterocycles. The van der Waals surface area contributed by atoms with Crippen molar-refractivity contribution >= 4 is 35.0 Å². The highest BCUT2D eigenvalue weighted by Gasteiger charge is 2.45. The molecule has 3 aromatic carbocycles. The van der Waals surface area contributed by atoms with Gasteiger partial charge in [0.05, 0.1) is 34.4 Å². The number of alkyl halides is 3. The van der Waals surface area contributed by atoms with E-state index in [1.54, 1.807) is 48.5 Å². The first-order chi connectivity index (χ1) is 20.6. The third kappa shape index (κ3) is 6.40. The summed E-state index contributed by atoms with van der Waals surface area (Å²) >= 11 is 6.79. The molecule has 1 aliphatic rings. The maximum Gasteiger partial charge on any atom is 0.434 e. The fourth-order valence-corrected chi connectivity index (χ4v) is 5.58. The normalized spacial score (nSPS) is 15.0. The smallest absolute Gasteiger partial charge is 0.434 e. The Balaban J connectivity index is 1.54. The SMILES string of the molecule is CCOC(=O)C1=C(C(F)(F)F)N=c2s/c(=C\c3ccc(OCc4ccc(C#N)cc4)cc3)c(=O)n2[C@H]1c1ccc(Cl)cc1. The van der Waals surface area contributed by atoms with E-state index in [2.05, 4.69) is 11.1 Å². The lowest BCUT2D eigenvalue weighted by Crippen LogP contribution is -2.41. The first-order valence-electron chi connectivity index (χ1n) is 12.9. The minimum Gasteiger partial charge on any atom is -0.489 e. The second kappa shape index (κ2) is 12.3. The molecule has 1 aromatic heterocycles. The molecule has 0 amide bonds. The van der Waals surface area contributed by atoms with Gasteiger partial charge in [0.25, 0.3) is 5.56 Å². The number of rotatable bonds is 7. The summed E-state index contributed by atoms with van der Waals surface area (Å²) < 4.78 is 54.7. The zero-order chi connectivity index (χ0) is 30.7. The summed E-state index contributed by atoms with van der Waals surface area (Å²) in [5.41, 5.74) is -0.556. The molecule has 0 spiro atoms. The fraction of sp³-hybridized carbons (Fsp3) is 0.161. The van der Waals surface area contributed by atoms with Crippen molar-refractivity contribution in [1.82, 2.24) is 4.57 Å². The highest BCUT2D eigenvalue weighted by atomic mass is 35.5. The fourth-order valence-electron chi connectivity index (χ4n) is 4.45. The van der Waals surface area contributed by atoms with Gasteiger partial charge >= 0.3 is 12.1 Å². The molecular formula is C31H21ClF3N3O4S. The van der Waals surface area contributed by atoms with Gasteiger partial charge in [-0.05, 0) is 66.1 Å². The van der Waals surface area contributed by atoms with E-state index in [-0.39, 0.29) is 28.1 Å². The number of benzene rings is 3. The van der Waals surface area contributed by atoms with E-state index in [0.717, 1.165) is 21.5 Å². The largest absolute Gasteiger partial charge is 0.489 e. The summed E-state index contributed by atoms with van der Waals surface area (Å²) in [6.45, 7) is 1.58. The minimum absolute atomic E-state index is 0.121. The van der Waals surface area contributed by atoms with Gasteiger partial charge in [-0.1, -0.05) is 59.3 Å². The van der Waals surface area contributed by atoms with Crippen LogP contribution in [0.1, 0.15) is 35.2 Å². The van der Waals surface area contributed by atoms with Gasteiger partial charge in [0.15, 0.2) is 10.5 Å². The number of halogens is 4. The molecule has 1 atom stereocenters. The number of thiazole rings is 1. The lowest BCUT2D eigenvalue weighted by molar-refractivity contribution is -0.140. The van der Waals surface area contributed by atoms with Gasteiger partial charge in [0, 0.05) is 5.02 Å². The number of ether oxygens (including phenoxy) is 2. The first-order valence-corrected chi connectivity index (χ1v) is 14.1. The zero-order valence-corrected chi connectivity index (χ0v) is 24.0. The number of carbonyl (C=O) groups is 1. The van der Waals surface area contributed by atoms with Crippen LogP contribution in [0, 0.1) is 11.3 Å². The Labute approximate surface area is 252 Å². The molecule has 0 N–H and O–H groups in total. The van der Waals surface area contributed by atoms with Crippen molar-refractivity contribution in [2.24, 2.45) is 4.99 Å². The Morgan fingerprint density at radius 1 is 1.09 bits per heavy atom. The van der Waals surface area contributed by atoms with Gasteiger partial charge in [-0.25, -0.2) is 9.79 Å². The van der Waals surface area contributed by atoms with Crippen LogP contribution in [0.3, 0.4) is 0 Å². The molecule has 0 bridgehead atoms. The molecule has 5 rings (SSSR count). The van der Waals surface area contributed by atoms with Crippen LogP contribution in [0.15, 0.2) is 93.9 Å². The number of hydrogen-bond acceptors (Lipinski definition) is 7. The molecule has 0 fully saturated rings. The topological polar surface area (TPSA) is 93.7 Å². The predicted molar refractivity (Wildman–Crippen MR) is 154 cm³/mol. The number of nitrogens with zero attached hydrogens (tertiary/aromatic N) is 3. The van der Waals surface area contributed by atoms with Crippen LogP contribution in [-0.2, 0) is 16.1 Å². The van der Waals surface area contributed by atoms with Gasteiger partial charge in [-0.2, -0.15) is 18.4 Å². The summed E-state index contributed by atoms with van der Waals surface area (Å²) in [5.74, 6) is -0.663. The van der Waals surface area contributed by atoms with Crippen molar-refractivity contribution in [1.29, 1.82) is 5.26 Å². The third-order valence-corrected chi connectivity index (χ3v) is 7.68. The Bertz CT molecular complexity index is 1920. The summed E-state index contributed by atoms with van der Waals surface area (Å²) in [6.07, 6.45) is -3.45. The molecule has 43 heavy (non-hydrogen) atoms. The molecule has 218 valence electrons. The monoisotopic (exact) mass is 623 g/mol.